The molecule has 18 heavy (non-hydrogen) atoms. The molecule has 4 aliphatic carbocycles. The predicted molar refractivity (Wildman–Crippen MR) is 79.1 cm³/mol. The molecular weight excluding hydrogens is 236 g/mol. The lowest BCUT2D eigenvalue weighted by molar-refractivity contribution is 0.110. The molecule has 0 nitrogen and oxygen atoms in total. The van der Waals surface area contributed by atoms with Crippen molar-refractivity contribution < 1.29 is 0 Å². The van der Waals surface area contributed by atoms with Crippen molar-refractivity contribution in [1.82, 2.24) is 0 Å². The van der Waals surface area contributed by atoms with Crippen molar-refractivity contribution in [3.63, 3.8) is 0 Å². The number of rotatable bonds is 1. The van der Waals surface area contributed by atoms with E-state index in [2.05, 4.69) is 30.3 Å². The molecule has 0 heterocycles. The van der Waals surface area contributed by atoms with Crippen LogP contribution in [0.3, 0.4) is 0 Å². The summed E-state index contributed by atoms with van der Waals surface area (Å²) in [4.78, 5) is 0. The second kappa shape index (κ2) is 3.79. The first-order valence-electron chi connectivity index (χ1n) is 7.46. The Kier molecular flexibility index (Phi) is 2.40. The minimum absolute atomic E-state index is 0.337. The van der Waals surface area contributed by atoms with Crippen LogP contribution < -0.4 is 0 Å². The van der Waals surface area contributed by atoms with Crippen LogP contribution in [0.2, 0.25) is 0 Å². The molecule has 0 aromatic heterocycles. The Morgan fingerprint density at radius 2 is 1.78 bits per heavy atom. The van der Waals surface area contributed by atoms with Gasteiger partial charge in [-0.3, -0.25) is 0 Å². The van der Waals surface area contributed by atoms with Gasteiger partial charge < -0.3 is 0 Å². The Morgan fingerprint density at radius 3 is 2.61 bits per heavy atom. The molecule has 4 fully saturated rings. The van der Waals surface area contributed by atoms with Gasteiger partial charge >= 0.3 is 0 Å². The Bertz CT molecular complexity index is 454. The van der Waals surface area contributed by atoms with Crippen LogP contribution in [-0.4, -0.2) is 4.75 Å². The van der Waals surface area contributed by atoms with E-state index in [1.165, 1.54) is 44.9 Å². The number of hydrogen-bond donors (Lipinski definition) is 1. The molecule has 1 aromatic rings. The average molecular weight is 258 g/mol. The highest BCUT2D eigenvalue weighted by molar-refractivity contribution is 7.81. The summed E-state index contributed by atoms with van der Waals surface area (Å²) in [5, 5.41) is 0. The minimum atomic E-state index is 0.337. The third-order valence-corrected chi connectivity index (χ3v) is 6.33. The molecular formula is C17H22S. The molecule has 4 unspecified atom stereocenters. The van der Waals surface area contributed by atoms with Gasteiger partial charge in [0.25, 0.3) is 0 Å². The van der Waals surface area contributed by atoms with Gasteiger partial charge in [0.1, 0.15) is 0 Å². The van der Waals surface area contributed by atoms with E-state index in [9.17, 15) is 0 Å². The first-order valence-corrected chi connectivity index (χ1v) is 7.90. The molecule has 4 bridgehead atoms. The molecule has 0 spiro atoms. The third kappa shape index (κ3) is 1.66. The number of fused-ring (bicyclic) bond motifs is 1. The van der Waals surface area contributed by atoms with Gasteiger partial charge in [-0.05, 0) is 67.8 Å². The highest BCUT2D eigenvalue weighted by Crippen LogP contribution is 2.61. The van der Waals surface area contributed by atoms with Gasteiger partial charge in [0.05, 0.1) is 0 Å². The van der Waals surface area contributed by atoms with E-state index in [0.717, 1.165) is 11.8 Å². The monoisotopic (exact) mass is 258 g/mol. The van der Waals surface area contributed by atoms with Gasteiger partial charge in [-0.15, -0.1) is 0 Å². The first-order chi connectivity index (χ1) is 8.68. The fourth-order valence-corrected chi connectivity index (χ4v) is 6.07. The summed E-state index contributed by atoms with van der Waals surface area (Å²) in [6.07, 6.45) is 9.81. The summed E-state index contributed by atoms with van der Waals surface area (Å²) in [6, 6.07) is 11.3. The topological polar surface area (TPSA) is 0 Å². The zero-order valence-corrected chi connectivity index (χ0v) is 11.8. The van der Waals surface area contributed by atoms with Gasteiger partial charge in [-0.25, -0.2) is 0 Å². The maximum Gasteiger partial charge on any atom is 0.0141 e. The molecule has 96 valence electrons. The van der Waals surface area contributed by atoms with E-state index >= 15 is 0 Å². The smallest absolute Gasteiger partial charge is 0.0141 e. The van der Waals surface area contributed by atoms with Crippen molar-refractivity contribution in [3.05, 3.63) is 35.9 Å². The van der Waals surface area contributed by atoms with Crippen LogP contribution in [0.5, 0.6) is 0 Å². The van der Waals surface area contributed by atoms with Gasteiger partial charge in [0.2, 0.25) is 0 Å². The molecule has 0 aliphatic heterocycles. The lowest BCUT2D eigenvalue weighted by Gasteiger charge is -2.51. The number of hydrogen-bond acceptors (Lipinski definition) is 1. The molecule has 1 heteroatoms. The van der Waals surface area contributed by atoms with Crippen molar-refractivity contribution in [2.24, 2.45) is 11.8 Å². The molecule has 5 rings (SSSR count). The first kappa shape index (κ1) is 11.4. The molecule has 0 saturated heterocycles. The fraction of sp³-hybridized carbons (Fsp3) is 0.647. The minimum Gasteiger partial charge on any atom is -0.172 e. The molecule has 0 amide bonds. The van der Waals surface area contributed by atoms with Crippen LogP contribution in [0, 0.1) is 11.8 Å². The van der Waals surface area contributed by atoms with Crippen LogP contribution in [0.4, 0.5) is 0 Å². The van der Waals surface area contributed by atoms with Crippen LogP contribution in [0.25, 0.3) is 0 Å². The normalized spacial score (nSPS) is 46.1. The summed E-state index contributed by atoms with van der Waals surface area (Å²) < 4.78 is 0.337. The highest BCUT2D eigenvalue weighted by atomic mass is 32.1. The summed E-state index contributed by atoms with van der Waals surface area (Å²) in [5.41, 5.74) is 2.06. The van der Waals surface area contributed by atoms with E-state index in [4.69, 9.17) is 12.6 Å². The molecule has 4 saturated carbocycles. The second-order valence-corrected chi connectivity index (χ2v) is 8.11. The Labute approximate surface area is 116 Å². The summed E-state index contributed by atoms with van der Waals surface area (Å²) in [6.45, 7) is 0. The van der Waals surface area contributed by atoms with Gasteiger partial charge in [0, 0.05) is 4.75 Å². The van der Waals surface area contributed by atoms with Gasteiger partial charge in [-0.2, -0.15) is 12.6 Å². The Morgan fingerprint density at radius 1 is 1.00 bits per heavy atom. The molecule has 0 N–H and O–H groups in total. The standard InChI is InChI=1S/C17H22S/c18-17-7-6-13-8-14(11-17)10-16(9-13,12-17)15-4-2-1-3-5-15/h1-5,13-14,18H,6-12H2. The fourth-order valence-electron chi connectivity index (χ4n) is 5.38. The summed E-state index contributed by atoms with van der Waals surface area (Å²) in [5.74, 6) is 1.91. The van der Waals surface area contributed by atoms with Crippen LogP contribution in [0.1, 0.15) is 50.5 Å². The lowest BCUT2D eigenvalue weighted by atomic mass is 9.56. The van der Waals surface area contributed by atoms with Crippen LogP contribution in [0.15, 0.2) is 30.3 Å². The summed E-state index contributed by atoms with van der Waals surface area (Å²) in [7, 11) is 0. The van der Waals surface area contributed by atoms with E-state index in [0.29, 0.717) is 10.2 Å². The number of benzene rings is 1. The van der Waals surface area contributed by atoms with Gasteiger partial charge in [0.15, 0.2) is 0 Å². The van der Waals surface area contributed by atoms with Gasteiger partial charge in [-0.1, -0.05) is 30.3 Å². The molecule has 4 atom stereocenters. The summed E-state index contributed by atoms with van der Waals surface area (Å²) >= 11 is 5.12. The molecule has 1 aromatic carbocycles. The maximum absolute atomic E-state index is 5.12. The highest BCUT2D eigenvalue weighted by Gasteiger charge is 2.53. The van der Waals surface area contributed by atoms with Crippen molar-refractivity contribution in [2.75, 3.05) is 0 Å². The average Bonchev–Trinajstić information content (AvgIpc) is 2.53. The molecule has 4 aliphatic rings. The molecule has 0 radical (unpaired) electrons. The van der Waals surface area contributed by atoms with E-state index < -0.39 is 0 Å². The SMILES string of the molecule is SC12CCC3CC(C1)CC(c1ccccc1)(C3)C2. The predicted octanol–water partition coefficient (Wildman–Crippen LogP) is 4.60. The number of thiol groups is 1. The zero-order valence-electron chi connectivity index (χ0n) is 10.9. The second-order valence-electron chi connectivity index (χ2n) is 7.17. The van der Waals surface area contributed by atoms with E-state index in [-0.39, 0.29) is 0 Å². The van der Waals surface area contributed by atoms with Crippen LogP contribution in [-0.2, 0) is 5.41 Å². The Balaban J connectivity index is 1.81. The van der Waals surface area contributed by atoms with Crippen molar-refractivity contribution in [1.29, 1.82) is 0 Å². The van der Waals surface area contributed by atoms with Crippen molar-refractivity contribution >= 4 is 12.6 Å². The van der Waals surface area contributed by atoms with Crippen molar-refractivity contribution in [3.8, 4) is 0 Å². The zero-order chi connectivity index (χ0) is 12.2. The maximum atomic E-state index is 5.12. The third-order valence-electron chi connectivity index (χ3n) is 5.77. The van der Waals surface area contributed by atoms with E-state index in [1.54, 1.807) is 5.56 Å². The van der Waals surface area contributed by atoms with E-state index in [1.807, 2.05) is 0 Å². The lowest BCUT2D eigenvalue weighted by Crippen LogP contribution is -2.45. The Hall–Kier alpha value is -0.430. The quantitative estimate of drug-likeness (QED) is 0.699. The largest absolute Gasteiger partial charge is 0.172 e. The van der Waals surface area contributed by atoms with Crippen LogP contribution >= 0.6 is 12.6 Å². The van der Waals surface area contributed by atoms with Crippen molar-refractivity contribution in [2.45, 2.75) is 55.1 Å².